The average Bonchev–Trinajstić information content (AvgIpc) is 3.84. The van der Waals surface area contributed by atoms with Gasteiger partial charge in [-0.1, -0.05) is 188 Å². The van der Waals surface area contributed by atoms with Crippen LogP contribution in [0.15, 0.2) is 218 Å². The van der Waals surface area contributed by atoms with Crippen molar-refractivity contribution in [3.05, 3.63) is 251 Å². The Kier molecular flexibility index (Phi) is 9.48. The molecule has 0 aliphatic heterocycles. The highest BCUT2D eigenvalue weighted by atomic mass is 32.1. The summed E-state index contributed by atoms with van der Waals surface area (Å²) in [6.45, 7) is 0. The summed E-state index contributed by atoms with van der Waals surface area (Å²) < 4.78 is 2.72. The highest BCUT2D eigenvalue weighted by Gasteiger charge is 2.47. The number of fused-ring (bicyclic) bond motifs is 6. The van der Waals surface area contributed by atoms with Gasteiger partial charge in [0.1, 0.15) is 0 Å². The minimum absolute atomic E-state index is 0.275. The Morgan fingerprint density at radius 2 is 1.17 bits per heavy atom. The van der Waals surface area contributed by atoms with Crippen molar-refractivity contribution < 1.29 is 0 Å². The molecule has 0 N–H and O–H groups in total. The Bertz CT molecular complexity index is 3040. The Morgan fingerprint density at radius 1 is 0.500 bits per heavy atom. The molecule has 8 aromatic carbocycles. The topological polar surface area (TPSA) is 0 Å². The lowest BCUT2D eigenvalue weighted by Crippen LogP contribution is -2.30. The zero-order chi connectivity index (χ0) is 39.9. The van der Waals surface area contributed by atoms with Gasteiger partial charge in [-0.25, -0.2) is 0 Å². The van der Waals surface area contributed by atoms with Crippen LogP contribution >= 0.6 is 11.3 Å². The van der Waals surface area contributed by atoms with Gasteiger partial charge in [-0.2, -0.15) is 0 Å². The summed E-state index contributed by atoms with van der Waals surface area (Å²) in [5.41, 5.74) is 17.3. The third-order valence-electron chi connectivity index (χ3n) is 13.2. The highest BCUT2D eigenvalue weighted by Crippen LogP contribution is 2.59. The molecule has 2 aliphatic rings. The number of thiophene rings is 1. The van der Waals surface area contributed by atoms with E-state index in [0.717, 1.165) is 32.1 Å². The van der Waals surface area contributed by atoms with Crippen molar-refractivity contribution in [3.8, 4) is 33.4 Å². The lowest BCUT2D eigenvalue weighted by atomic mass is 9.65. The van der Waals surface area contributed by atoms with E-state index in [1.807, 2.05) is 11.3 Å². The maximum atomic E-state index is 2.63. The summed E-state index contributed by atoms with van der Waals surface area (Å²) in [7, 11) is 0. The van der Waals surface area contributed by atoms with Crippen molar-refractivity contribution in [2.45, 2.75) is 43.4 Å². The smallest absolute Gasteiger partial charge is 0.0676 e. The Hall–Kier alpha value is -6.54. The van der Waals surface area contributed by atoms with Crippen LogP contribution in [0.4, 0.5) is 0 Å². The van der Waals surface area contributed by atoms with Crippen LogP contribution < -0.4 is 0 Å². The molecule has 60 heavy (non-hydrogen) atoms. The molecule has 0 spiro atoms. The van der Waals surface area contributed by atoms with Gasteiger partial charge >= 0.3 is 0 Å². The quantitative estimate of drug-likeness (QED) is 0.130. The fourth-order valence-electron chi connectivity index (χ4n) is 10.4. The summed E-state index contributed by atoms with van der Waals surface area (Å²) in [4.78, 5) is 0. The van der Waals surface area contributed by atoms with Crippen molar-refractivity contribution in [1.82, 2.24) is 0 Å². The molecule has 9 aromatic rings. The van der Waals surface area contributed by atoms with Gasteiger partial charge in [-0.15, -0.1) is 11.3 Å². The van der Waals surface area contributed by atoms with E-state index >= 15 is 0 Å². The first kappa shape index (κ1) is 36.5. The summed E-state index contributed by atoms with van der Waals surface area (Å²) in [5.74, 6) is 0.275. The maximum Gasteiger partial charge on any atom is 0.0676 e. The molecule has 1 aromatic heterocycles. The Labute approximate surface area is 357 Å². The zero-order valence-corrected chi connectivity index (χ0v) is 34.5. The van der Waals surface area contributed by atoms with Crippen LogP contribution in [0, 0.1) is 0 Å². The minimum Gasteiger partial charge on any atom is -0.135 e. The van der Waals surface area contributed by atoms with Crippen LogP contribution in [0.25, 0.3) is 53.6 Å². The average molecular weight is 787 g/mol. The van der Waals surface area contributed by atoms with Gasteiger partial charge in [-0.05, 0) is 135 Å². The standard InChI is InChI=1S/C59H46S/c1-5-17-43(18-6-1)44-33-29-41(30-34-44)31-35-46(37-42-32-36-58-54(38-42)50-26-14-16-28-57(50)60-58)51-39-53-49-25-13-15-27-55(49)59(47-21-9-3-10-22-47,48-23-11-4-12-24-48)56(53)40-52(51)45-19-7-2-8-20-45/h1-11,13-23,25-30,32-34,36,38-40,46H,12,24,31,35,37H2. The van der Waals surface area contributed by atoms with Crippen molar-refractivity contribution in [2.24, 2.45) is 0 Å². The lowest BCUT2D eigenvalue weighted by Gasteiger charge is -2.37. The summed E-state index contributed by atoms with van der Waals surface area (Å²) in [6.07, 6.45) is 12.1. The molecule has 1 heterocycles. The third kappa shape index (κ3) is 6.37. The number of aryl methyl sites for hydroxylation is 1. The van der Waals surface area contributed by atoms with Crippen molar-refractivity contribution in [1.29, 1.82) is 0 Å². The normalized spacial score (nSPS) is 16.1. The van der Waals surface area contributed by atoms with E-state index in [1.54, 1.807) is 0 Å². The van der Waals surface area contributed by atoms with Gasteiger partial charge in [0.25, 0.3) is 0 Å². The zero-order valence-electron chi connectivity index (χ0n) is 33.7. The summed E-state index contributed by atoms with van der Waals surface area (Å²) in [6, 6.07) is 73.2. The van der Waals surface area contributed by atoms with E-state index in [-0.39, 0.29) is 11.3 Å². The molecule has 1 heteroatoms. The molecule has 2 atom stereocenters. The SMILES string of the molecule is C1=CCCC(C2(c3ccccc3)c3ccccc3-c3cc(C(CCc4ccc(-c5ccccc5)cc4)Cc4ccc5sc6ccccc6c5c4)c(-c4ccccc4)cc32)=C1. The Morgan fingerprint density at radius 3 is 1.95 bits per heavy atom. The number of benzene rings is 8. The molecule has 0 nitrogen and oxygen atoms in total. The van der Waals surface area contributed by atoms with E-state index in [0.29, 0.717) is 0 Å². The molecule has 0 fully saturated rings. The van der Waals surface area contributed by atoms with Gasteiger partial charge in [0.15, 0.2) is 0 Å². The largest absolute Gasteiger partial charge is 0.135 e. The second kappa shape index (κ2) is 15.6. The molecule has 2 aliphatic carbocycles. The minimum atomic E-state index is -0.374. The van der Waals surface area contributed by atoms with Gasteiger partial charge in [0, 0.05) is 20.2 Å². The van der Waals surface area contributed by atoms with E-state index < -0.39 is 0 Å². The molecular weight excluding hydrogens is 741 g/mol. The van der Waals surface area contributed by atoms with Gasteiger partial charge in [0.2, 0.25) is 0 Å². The second-order valence-electron chi connectivity index (χ2n) is 16.6. The molecule has 11 rings (SSSR count). The van der Waals surface area contributed by atoms with Gasteiger partial charge < -0.3 is 0 Å². The molecule has 0 saturated carbocycles. The second-order valence-corrected chi connectivity index (χ2v) is 17.7. The molecule has 0 bridgehead atoms. The monoisotopic (exact) mass is 786 g/mol. The molecule has 0 radical (unpaired) electrons. The first-order chi connectivity index (χ1) is 29.7. The van der Waals surface area contributed by atoms with Crippen LogP contribution in [0.2, 0.25) is 0 Å². The van der Waals surface area contributed by atoms with Crippen molar-refractivity contribution in [3.63, 3.8) is 0 Å². The Balaban J connectivity index is 1.10. The summed E-state index contributed by atoms with van der Waals surface area (Å²) in [5, 5.41) is 2.73. The van der Waals surface area contributed by atoms with Crippen LogP contribution in [0.5, 0.6) is 0 Å². The van der Waals surface area contributed by atoms with Crippen LogP contribution in [-0.2, 0) is 18.3 Å². The third-order valence-corrected chi connectivity index (χ3v) is 14.4. The maximum absolute atomic E-state index is 2.63. The van der Waals surface area contributed by atoms with E-state index in [1.165, 1.54) is 92.5 Å². The fourth-order valence-corrected chi connectivity index (χ4v) is 11.5. The lowest BCUT2D eigenvalue weighted by molar-refractivity contribution is 0.622. The van der Waals surface area contributed by atoms with Crippen LogP contribution in [-0.4, -0.2) is 0 Å². The summed E-state index contributed by atoms with van der Waals surface area (Å²) >= 11 is 1.90. The van der Waals surface area contributed by atoms with Crippen molar-refractivity contribution in [2.75, 3.05) is 0 Å². The van der Waals surface area contributed by atoms with Gasteiger partial charge in [0.05, 0.1) is 5.41 Å². The molecule has 2 unspecified atom stereocenters. The number of rotatable bonds is 10. The number of allylic oxidation sites excluding steroid dienone is 4. The van der Waals surface area contributed by atoms with E-state index in [4.69, 9.17) is 0 Å². The highest BCUT2D eigenvalue weighted by molar-refractivity contribution is 7.25. The first-order valence-electron chi connectivity index (χ1n) is 21.5. The fraction of sp³-hybridized carbons (Fsp3) is 0.119. The number of hydrogen-bond acceptors (Lipinski definition) is 1. The predicted octanol–water partition coefficient (Wildman–Crippen LogP) is 15.9. The van der Waals surface area contributed by atoms with Crippen LogP contribution in [0.1, 0.15) is 58.6 Å². The molecule has 0 saturated heterocycles. The first-order valence-corrected chi connectivity index (χ1v) is 22.4. The van der Waals surface area contributed by atoms with Gasteiger partial charge in [-0.3, -0.25) is 0 Å². The van der Waals surface area contributed by atoms with Crippen molar-refractivity contribution >= 4 is 31.5 Å². The van der Waals surface area contributed by atoms with E-state index in [2.05, 4.69) is 212 Å². The number of hydrogen-bond donors (Lipinski definition) is 0. The predicted molar refractivity (Wildman–Crippen MR) is 256 cm³/mol. The van der Waals surface area contributed by atoms with E-state index in [9.17, 15) is 0 Å². The molecular formula is C59H46S. The molecule has 288 valence electrons. The molecule has 0 amide bonds. The van der Waals surface area contributed by atoms with Crippen LogP contribution in [0.3, 0.4) is 0 Å².